The summed E-state index contributed by atoms with van der Waals surface area (Å²) in [7, 11) is -3.64. The van der Waals surface area contributed by atoms with Crippen LogP contribution in [0.2, 0.25) is 0 Å². The maximum Gasteiger partial charge on any atom is 0.403 e. The van der Waals surface area contributed by atoms with E-state index in [4.69, 9.17) is 4.42 Å². The van der Waals surface area contributed by atoms with E-state index in [1.807, 2.05) is 0 Å². The zero-order valence-corrected chi connectivity index (χ0v) is 13.9. The zero-order valence-electron chi connectivity index (χ0n) is 13.1. The second-order valence-corrected chi connectivity index (χ2v) is 8.40. The molecule has 4 rings (SSSR count). The molecule has 2 heterocycles. The summed E-state index contributed by atoms with van der Waals surface area (Å²) in [6.45, 7) is 0. The van der Waals surface area contributed by atoms with Gasteiger partial charge in [-0.1, -0.05) is 0 Å². The quantitative estimate of drug-likeness (QED) is 0.849. The average Bonchev–Trinajstić information content (AvgIpc) is 3.26. The zero-order chi connectivity index (χ0) is 18.7. The summed E-state index contributed by atoms with van der Waals surface area (Å²) in [6.07, 6.45) is -4.88. The maximum absolute atomic E-state index is 13.1. The smallest absolute Gasteiger partial charge is 0.403 e. The van der Waals surface area contributed by atoms with E-state index in [1.165, 1.54) is 18.2 Å². The molecule has 138 valence electrons. The number of hydrogen-bond donors (Lipinski definition) is 1. The summed E-state index contributed by atoms with van der Waals surface area (Å²) in [5, 5.41) is 9.65. The summed E-state index contributed by atoms with van der Waals surface area (Å²) < 4.78 is 69.0. The van der Waals surface area contributed by atoms with Crippen molar-refractivity contribution in [1.82, 2.24) is 10.2 Å². The number of amides is 1. The van der Waals surface area contributed by atoms with E-state index >= 15 is 0 Å². The van der Waals surface area contributed by atoms with Crippen molar-refractivity contribution in [2.75, 3.05) is 11.1 Å². The molecule has 1 amide bonds. The number of sulfone groups is 1. The lowest BCUT2D eigenvalue weighted by atomic mass is 10.1. The van der Waals surface area contributed by atoms with Crippen LogP contribution in [-0.2, 0) is 20.0 Å². The number of carbonyl (C=O) groups is 1. The molecule has 0 bridgehead atoms. The Balaban J connectivity index is 1.74. The topological polar surface area (TPSA) is 102 Å². The number of fused-ring (bicyclic) bond motifs is 1. The number of alkyl halides is 3. The molecule has 7 nitrogen and oxygen atoms in total. The van der Waals surface area contributed by atoms with E-state index in [1.54, 1.807) is 0 Å². The lowest BCUT2D eigenvalue weighted by molar-refractivity contribution is -0.165. The van der Waals surface area contributed by atoms with Gasteiger partial charge in [0.25, 0.3) is 0 Å². The molecule has 0 radical (unpaired) electrons. The van der Waals surface area contributed by atoms with Crippen LogP contribution in [0.5, 0.6) is 0 Å². The van der Waals surface area contributed by atoms with Crippen LogP contribution in [0.25, 0.3) is 11.5 Å². The van der Waals surface area contributed by atoms with Gasteiger partial charge in [-0.3, -0.25) is 4.79 Å². The van der Waals surface area contributed by atoms with Crippen LogP contribution in [0.4, 0.5) is 18.9 Å². The van der Waals surface area contributed by atoms with Crippen molar-refractivity contribution in [2.45, 2.75) is 35.7 Å². The van der Waals surface area contributed by atoms with Crippen LogP contribution >= 0.6 is 0 Å². The van der Waals surface area contributed by atoms with Gasteiger partial charge in [0.1, 0.15) is 5.41 Å². The number of carbonyl (C=O) groups excluding carboxylic acids is 1. The molecular weight excluding hydrogens is 375 g/mol. The Hall–Kier alpha value is -2.43. The van der Waals surface area contributed by atoms with Gasteiger partial charge in [-0.05, 0) is 31.0 Å². The minimum Gasteiger partial charge on any atom is -0.420 e. The molecule has 1 saturated carbocycles. The molecule has 2 aromatic rings. The molecule has 1 N–H and O–H groups in total. The van der Waals surface area contributed by atoms with Gasteiger partial charge in [-0.2, -0.15) is 13.2 Å². The SMILES string of the molecule is O=C1CCS(=O)(=O)c2ccc(-c3nnc(C4(C(F)(F)F)CC4)o3)cc2N1. The Bertz CT molecular complexity index is 1010. The molecule has 11 heteroatoms. The van der Waals surface area contributed by atoms with Gasteiger partial charge in [0.05, 0.1) is 16.3 Å². The van der Waals surface area contributed by atoms with Gasteiger partial charge in [0, 0.05) is 12.0 Å². The average molecular weight is 387 g/mol. The van der Waals surface area contributed by atoms with Crippen molar-refractivity contribution in [3.8, 4) is 11.5 Å². The van der Waals surface area contributed by atoms with E-state index in [9.17, 15) is 26.4 Å². The maximum atomic E-state index is 13.1. The molecule has 0 spiro atoms. The highest BCUT2D eigenvalue weighted by Gasteiger charge is 2.68. The Morgan fingerprint density at radius 2 is 1.92 bits per heavy atom. The van der Waals surface area contributed by atoms with Gasteiger partial charge < -0.3 is 9.73 Å². The van der Waals surface area contributed by atoms with Crippen molar-refractivity contribution in [2.24, 2.45) is 0 Å². The monoisotopic (exact) mass is 387 g/mol. The second-order valence-electron chi connectivity index (χ2n) is 6.32. The molecule has 1 aliphatic carbocycles. The first kappa shape index (κ1) is 17.0. The third kappa shape index (κ3) is 2.57. The second kappa shape index (κ2) is 5.29. The molecule has 2 aliphatic rings. The number of nitrogens with zero attached hydrogens (tertiary/aromatic N) is 2. The van der Waals surface area contributed by atoms with Crippen molar-refractivity contribution < 1.29 is 30.8 Å². The van der Waals surface area contributed by atoms with Gasteiger partial charge in [0.15, 0.2) is 9.84 Å². The van der Waals surface area contributed by atoms with E-state index in [-0.39, 0.29) is 47.1 Å². The standard InChI is InChI=1S/C15H12F3N3O4S/c16-15(17,18)14(4-5-14)13-21-20-12(25-13)8-1-2-10-9(7-8)19-11(22)3-6-26(10,23)24/h1-2,7H,3-6H2,(H,19,22). The van der Waals surface area contributed by atoms with E-state index in [2.05, 4.69) is 15.5 Å². The third-order valence-electron chi connectivity index (χ3n) is 4.56. The molecule has 0 atom stereocenters. The number of nitrogens with one attached hydrogen (secondary N) is 1. The summed E-state index contributed by atoms with van der Waals surface area (Å²) in [6, 6.07) is 3.94. The fourth-order valence-electron chi connectivity index (χ4n) is 2.86. The first-order valence-electron chi connectivity index (χ1n) is 7.70. The third-order valence-corrected chi connectivity index (χ3v) is 6.33. The van der Waals surface area contributed by atoms with Crippen LogP contribution in [0.1, 0.15) is 25.2 Å². The number of halogens is 3. The number of aromatic nitrogens is 2. The largest absolute Gasteiger partial charge is 0.420 e. The van der Waals surface area contributed by atoms with E-state index < -0.39 is 33.2 Å². The van der Waals surface area contributed by atoms with Gasteiger partial charge in [-0.25, -0.2) is 8.42 Å². The van der Waals surface area contributed by atoms with E-state index in [0.717, 1.165) is 0 Å². The number of anilines is 1. The van der Waals surface area contributed by atoms with Crippen LogP contribution in [-0.4, -0.2) is 36.5 Å². The number of rotatable bonds is 2. The molecule has 1 aromatic carbocycles. The van der Waals surface area contributed by atoms with E-state index in [0.29, 0.717) is 0 Å². The van der Waals surface area contributed by atoms with Crippen LogP contribution < -0.4 is 5.32 Å². The molecule has 1 aromatic heterocycles. The molecule has 0 saturated heterocycles. The van der Waals surface area contributed by atoms with Crippen LogP contribution in [0, 0.1) is 0 Å². The number of benzene rings is 1. The fourth-order valence-corrected chi connectivity index (χ4v) is 4.25. The molecule has 1 fully saturated rings. The highest BCUT2D eigenvalue weighted by molar-refractivity contribution is 7.91. The van der Waals surface area contributed by atoms with Gasteiger partial charge in [-0.15, -0.1) is 10.2 Å². The number of hydrogen-bond acceptors (Lipinski definition) is 6. The highest BCUT2D eigenvalue weighted by Crippen LogP contribution is 2.58. The van der Waals surface area contributed by atoms with Crippen LogP contribution in [0.3, 0.4) is 0 Å². The molecule has 0 unspecified atom stereocenters. The highest BCUT2D eigenvalue weighted by atomic mass is 32.2. The van der Waals surface area contributed by atoms with Crippen molar-refractivity contribution in [3.63, 3.8) is 0 Å². The summed E-state index contributed by atoms with van der Waals surface area (Å²) in [5.74, 6) is -1.46. The Kier molecular flexibility index (Phi) is 3.46. The Morgan fingerprint density at radius 1 is 1.19 bits per heavy atom. The summed E-state index contributed by atoms with van der Waals surface area (Å²) >= 11 is 0. The molecule has 1 aliphatic heterocycles. The minimum absolute atomic E-state index is 0.0432. The Labute approximate surface area is 145 Å². The van der Waals surface area contributed by atoms with Gasteiger partial charge >= 0.3 is 6.18 Å². The Morgan fingerprint density at radius 3 is 2.58 bits per heavy atom. The van der Waals surface area contributed by atoms with Crippen molar-refractivity contribution in [3.05, 3.63) is 24.1 Å². The predicted molar refractivity (Wildman–Crippen MR) is 82.0 cm³/mol. The summed E-state index contributed by atoms with van der Waals surface area (Å²) in [5.41, 5.74) is -1.83. The first-order chi connectivity index (χ1) is 12.1. The predicted octanol–water partition coefficient (Wildman–Crippen LogP) is 2.45. The van der Waals surface area contributed by atoms with Gasteiger partial charge in [0.2, 0.25) is 17.7 Å². The first-order valence-corrected chi connectivity index (χ1v) is 9.35. The minimum atomic E-state index is -4.48. The summed E-state index contributed by atoms with van der Waals surface area (Å²) in [4.78, 5) is 11.6. The van der Waals surface area contributed by atoms with Crippen molar-refractivity contribution >= 4 is 21.4 Å². The fraction of sp³-hybridized carbons (Fsp3) is 0.400. The lowest BCUT2D eigenvalue weighted by Crippen LogP contribution is -2.28. The lowest BCUT2D eigenvalue weighted by Gasteiger charge is -2.14. The van der Waals surface area contributed by atoms with Crippen molar-refractivity contribution in [1.29, 1.82) is 0 Å². The molecule has 26 heavy (non-hydrogen) atoms. The molecular formula is C15H12F3N3O4S. The normalized spacial score (nSPS) is 20.8. The van der Waals surface area contributed by atoms with Crippen LogP contribution in [0.15, 0.2) is 27.5 Å².